The molecule has 3 heteroatoms. The molecule has 0 aliphatic heterocycles. The molecule has 2 aromatic rings. The van der Waals surface area contributed by atoms with Gasteiger partial charge in [-0.2, -0.15) is 5.10 Å². The fourth-order valence-electron chi connectivity index (χ4n) is 2.20. The molecule has 0 saturated carbocycles. The van der Waals surface area contributed by atoms with E-state index >= 15 is 0 Å². The van der Waals surface area contributed by atoms with E-state index in [2.05, 4.69) is 36.0 Å². The summed E-state index contributed by atoms with van der Waals surface area (Å²) in [5.74, 6) is 0.206. The lowest BCUT2D eigenvalue weighted by molar-refractivity contribution is 0.473. The maximum absolute atomic E-state index is 9.87. The Morgan fingerprint density at radius 1 is 1.24 bits per heavy atom. The molecule has 0 saturated heterocycles. The summed E-state index contributed by atoms with van der Waals surface area (Å²) in [6.07, 6.45) is 13.1. The van der Waals surface area contributed by atoms with Crippen LogP contribution in [0, 0.1) is 0 Å². The summed E-state index contributed by atoms with van der Waals surface area (Å²) >= 11 is 0. The molecule has 21 heavy (non-hydrogen) atoms. The zero-order valence-corrected chi connectivity index (χ0v) is 11.6. The van der Waals surface area contributed by atoms with E-state index in [4.69, 9.17) is 0 Å². The molecule has 1 aromatic carbocycles. The second-order valence-corrected chi connectivity index (χ2v) is 4.86. The van der Waals surface area contributed by atoms with Crippen molar-refractivity contribution in [2.45, 2.75) is 6.42 Å². The molecule has 0 amide bonds. The van der Waals surface area contributed by atoms with Crippen molar-refractivity contribution < 1.29 is 5.11 Å². The number of rotatable bonds is 4. The number of para-hydroxylation sites is 1. The van der Waals surface area contributed by atoms with Crippen molar-refractivity contribution in [3.8, 4) is 5.75 Å². The van der Waals surface area contributed by atoms with Gasteiger partial charge in [-0.25, -0.2) is 4.68 Å². The molecule has 1 aromatic heterocycles. The van der Waals surface area contributed by atoms with Crippen LogP contribution >= 0.6 is 0 Å². The Balaban J connectivity index is 1.79. The van der Waals surface area contributed by atoms with Crippen LogP contribution < -0.4 is 0 Å². The van der Waals surface area contributed by atoms with Crippen molar-refractivity contribution in [2.75, 3.05) is 0 Å². The highest BCUT2D eigenvalue weighted by atomic mass is 16.3. The minimum atomic E-state index is 0.206. The Kier molecular flexibility index (Phi) is 3.56. The van der Waals surface area contributed by atoms with Gasteiger partial charge in [-0.3, -0.25) is 0 Å². The number of phenols is 1. The molecule has 0 spiro atoms. The number of aromatic nitrogens is 2. The number of phenolic OH excluding ortho intramolecular Hbond substituents is 1. The van der Waals surface area contributed by atoms with Gasteiger partial charge in [0.25, 0.3) is 0 Å². The van der Waals surface area contributed by atoms with Crippen molar-refractivity contribution >= 4 is 11.8 Å². The molecule has 0 radical (unpaired) electrons. The number of hydrogen-bond acceptors (Lipinski definition) is 2. The summed E-state index contributed by atoms with van der Waals surface area (Å²) < 4.78 is 1.68. The smallest absolute Gasteiger partial charge is 0.124 e. The number of hydrogen-bond donors (Lipinski definition) is 1. The van der Waals surface area contributed by atoms with Crippen LogP contribution in [-0.2, 0) is 0 Å². The van der Waals surface area contributed by atoms with Gasteiger partial charge in [0.05, 0.1) is 11.4 Å². The zero-order valence-electron chi connectivity index (χ0n) is 11.6. The van der Waals surface area contributed by atoms with E-state index in [9.17, 15) is 5.11 Å². The first-order valence-corrected chi connectivity index (χ1v) is 6.81. The van der Waals surface area contributed by atoms with E-state index in [1.807, 2.05) is 30.5 Å². The molecule has 1 aliphatic rings. The Hall–Kier alpha value is -2.81. The van der Waals surface area contributed by atoms with Gasteiger partial charge < -0.3 is 5.11 Å². The van der Waals surface area contributed by atoms with Crippen LogP contribution in [0.5, 0.6) is 5.75 Å². The topological polar surface area (TPSA) is 38.0 Å². The van der Waals surface area contributed by atoms with Gasteiger partial charge >= 0.3 is 0 Å². The lowest BCUT2D eigenvalue weighted by Gasteiger charge is -2.07. The first kappa shape index (κ1) is 13.2. The molecule has 0 fully saturated rings. The second kappa shape index (κ2) is 5.67. The molecular weight excluding hydrogens is 260 g/mol. The fourth-order valence-corrected chi connectivity index (χ4v) is 2.20. The van der Waals surface area contributed by atoms with Gasteiger partial charge in [0.1, 0.15) is 5.75 Å². The molecular formula is C18H16N2O. The zero-order chi connectivity index (χ0) is 14.7. The highest BCUT2D eigenvalue weighted by molar-refractivity contribution is 5.68. The standard InChI is InChI=1S/C18H16N2O/c1-14(17-8-4-5-9-18(17)21)20-13-12-16(19-20)11-10-15-6-2-3-7-15/h2-6,8-13,21H,1,7H2/b11-10+. The molecule has 0 unspecified atom stereocenters. The predicted octanol–water partition coefficient (Wildman–Crippen LogP) is 4.01. The first-order valence-electron chi connectivity index (χ1n) is 6.81. The summed E-state index contributed by atoms with van der Waals surface area (Å²) in [4.78, 5) is 0. The van der Waals surface area contributed by atoms with Crippen LogP contribution in [0.2, 0.25) is 0 Å². The van der Waals surface area contributed by atoms with E-state index in [0.717, 1.165) is 12.1 Å². The molecule has 0 atom stereocenters. The Morgan fingerprint density at radius 3 is 2.86 bits per heavy atom. The molecule has 3 nitrogen and oxygen atoms in total. The third kappa shape index (κ3) is 2.87. The maximum Gasteiger partial charge on any atom is 0.124 e. The number of aromatic hydroxyl groups is 1. The van der Waals surface area contributed by atoms with Crippen LogP contribution in [0.15, 0.2) is 73.0 Å². The van der Waals surface area contributed by atoms with E-state index in [1.54, 1.807) is 16.8 Å². The summed E-state index contributed by atoms with van der Waals surface area (Å²) in [7, 11) is 0. The second-order valence-electron chi connectivity index (χ2n) is 4.86. The summed E-state index contributed by atoms with van der Waals surface area (Å²) in [6.45, 7) is 4.00. The lowest BCUT2D eigenvalue weighted by Crippen LogP contribution is -1.98. The normalized spacial score (nSPS) is 13.8. The van der Waals surface area contributed by atoms with Gasteiger partial charge in [-0.1, -0.05) is 43.0 Å². The van der Waals surface area contributed by atoms with Crippen LogP contribution in [0.3, 0.4) is 0 Å². The van der Waals surface area contributed by atoms with Crippen LogP contribution in [0.1, 0.15) is 17.7 Å². The van der Waals surface area contributed by atoms with E-state index in [1.165, 1.54) is 5.57 Å². The summed E-state index contributed by atoms with van der Waals surface area (Å²) in [5, 5.41) is 14.3. The van der Waals surface area contributed by atoms with Crippen molar-refractivity contribution in [1.29, 1.82) is 0 Å². The third-order valence-electron chi connectivity index (χ3n) is 3.37. The number of allylic oxidation sites excluding steroid dienone is 5. The van der Waals surface area contributed by atoms with E-state index < -0.39 is 0 Å². The summed E-state index contributed by atoms with van der Waals surface area (Å²) in [6, 6.07) is 9.04. The van der Waals surface area contributed by atoms with Crippen molar-refractivity contribution in [1.82, 2.24) is 9.78 Å². The van der Waals surface area contributed by atoms with E-state index in [-0.39, 0.29) is 5.75 Å². The van der Waals surface area contributed by atoms with Gasteiger partial charge in [-0.05, 0) is 36.3 Å². The van der Waals surface area contributed by atoms with Crippen LogP contribution in [-0.4, -0.2) is 14.9 Å². The molecule has 1 N–H and O–H groups in total. The highest BCUT2D eigenvalue weighted by Gasteiger charge is 2.07. The minimum Gasteiger partial charge on any atom is -0.507 e. The van der Waals surface area contributed by atoms with Crippen LogP contribution in [0.4, 0.5) is 0 Å². The summed E-state index contributed by atoms with van der Waals surface area (Å²) in [5.41, 5.74) is 3.46. The van der Waals surface area contributed by atoms with Crippen molar-refractivity contribution in [3.05, 3.63) is 84.2 Å². The van der Waals surface area contributed by atoms with E-state index in [0.29, 0.717) is 11.3 Å². The predicted molar refractivity (Wildman–Crippen MR) is 85.6 cm³/mol. The Morgan fingerprint density at radius 2 is 2.10 bits per heavy atom. The molecule has 104 valence electrons. The van der Waals surface area contributed by atoms with Crippen LogP contribution in [0.25, 0.3) is 11.8 Å². The monoisotopic (exact) mass is 276 g/mol. The number of benzene rings is 1. The SMILES string of the molecule is C=C(c1ccccc1O)n1ccc(/C=C/C2=CC=CC2)n1. The fraction of sp³-hybridized carbons (Fsp3) is 0.0556. The van der Waals surface area contributed by atoms with Gasteiger partial charge in [-0.15, -0.1) is 0 Å². The largest absolute Gasteiger partial charge is 0.507 e. The average molecular weight is 276 g/mol. The molecule has 1 aliphatic carbocycles. The Labute approximate surface area is 123 Å². The Bertz CT molecular complexity index is 763. The average Bonchev–Trinajstić information content (AvgIpc) is 3.16. The minimum absolute atomic E-state index is 0.206. The third-order valence-corrected chi connectivity index (χ3v) is 3.37. The first-order chi connectivity index (χ1) is 10.2. The van der Waals surface area contributed by atoms with Gasteiger partial charge in [0, 0.05) is 11.8 Å². The van der Waals surface area contributed by atoms with Crippen molar-refractivity contribution in [3.63, 3.8) is 0 Å². The lowest BCUT2D eigenvalue weighted by atomic mass is 10.1. The highest BCUT2D eigenvalue weighted by Crippen LogP contribution is 2.24. The molecule has 1 heterocycles. The quantitative estimate of drug-likeness (QED) is 0.916. The maximum atomic E-state index is 9.87. The van der Waals surface area contributed by atoms with Crippen molar-refractivity contribution in [2.24, 2.45) is 0 Å². The van der Waals surface area contributed by atoms with Gasteiger partial charge in [0.2, 0.25) is 0 Å². The molecule has 3 rings (SSSR count). The number of nitrogens with zero attached hydrogens (tertiary/aromatic N) is 2. The van der Waals surface area contributed by atoms with Gasteiger partial charge in [0.15, 0.2) is 0 Å². The molecule has 0 bridgehead atoms.